The maximum Gasteiger partial charge on any atom is 0.0892 e. The van der Waals surface area contributed by atoms with Crippen LogP contribution in [-0.4, -0.2) is 34.4 Å². The molecule has 0 saturated carbocycles. The Labute approximate surface area is 167 Å². The van der Waals surface area contributed by atoms with Crippen LogP contribution < -0.4 is 0 Å². The van der Waals surface area contributed by atoms with Gasteiger partial charge in [0.1, 0.15) is 0 Å². The van der Waals surface area contributed by atoms with Crippen molar-refractivity contribution >= 4 is 0 Å². The first kappa shape index (κ1) is 20.9. The van der Waals surface area contributed by atoms with E-state index in [4.69, 9.17) is 18.9 Å². The van der Waals surface area contributed by atoms with Gasteiger partial charge >= 0.3 is 0 Å². The van der Waals surface area contributed by atoms with Crippen molar-refractivity contribution < 1.29 is 18.9 Å². The first-order valence-electron chi connectivity index (χ1n) is 9.87. The van der Waals surface area contributed by atoms with Crippen molar-refractivity contribution in [2.75, 3.05) is 0 Å². The number of ether oxygens (including phenoxy) is 4. The predicted molar refractivity (Wildman–Crippen MR) is 105 cm³/mol. The van der Waals surface area contributed by atoms with Gasteiger partial charge in [0.15, 0.2) is 0 Å². The van der Waals surface area contributed by atoms with Crippen molar-refractivity contribution in [2.24, 2.45) is 0 Å². The lowest BCUT2D eigenvalue weighted by molar-refractivity contribution is -0.0736. The SMILES string of the molecule is C[C@@H]1OCc2cccc(n2)CO[C@H](C)[C@H](C)OCc2cccc(n2)CO[C@@H]1C. The normalized spacial score (nSPS) is 27.6. The summed E-state index contributed by atoms with van der Waals surface area (Å²) in [6, 6.07) is 11.8. The van der Waals surface area contributed by atoms with Crippen LogP contribution >= 0.6 is 0 Å². The Balaban J connectivity index is 1.74. The van der Waals surface area contributed by atoms with Crippen LogP contribution in [0.1, 0.15) is 50.5 Å². The third-order valence-corrected chi connectivity index (χ3v) is 5.03. The molecule has 0 N–H and O–H groups in total. The Morgan fingerprint density at radius 1 is 0.536 bits per heavy atom. The molecule has 152 valence electrons. The fraction of sp³-hybridized carbons (Fsp3) is 0.545. The van der Waals surface area contributed by atoms with Crippen molar-refractivity contribution in [3.05, 3.63) is 59.2 Å². The molecule has 0 radical (unpaired) electrons. The molecule has 3 rings (SSSR count). The molecule has 0 unspecified atom stereocenters. The molecule has 3 heterocycles. The Morgan fingerprint density at radius 3 is 1.04 bits per heavy atom. The van der Waals surface area contributed by atoms with E-state index < -0.39 is 0 Å². The average Bonchev–Trinajstić information content (AvgIpc) is 2.72. The third-order valence-electron chi connectivity index (χ3n) is 5.03. The number of hydrogen-bond acceptors (Lipinski definition) is 6. The maximum atomic E-state index is 5.96. The molecule has 4 bridgehead atoms. The molecule has 0 spiro atoms. The van der Waals surface area contributed by atoms with Gasteiger partial charge in [0.25, 0.3) is 0 Å². The van der Waals surface area contributed by atoms with E-state index in [2.05, 4.69) is 9.97 Å². The molecular weight excluding hydrogens is 356 g/mol. The van der Waals surface area contributed by atoms with E-state index in [1.165, 1.54) is 0 Å². The van der Waals surface area contributed by atoms with E-state index >= 15 is 0 Å². The fourth-order valence-corrected chi connectivity index (χ4v) is 2.79. The molecule has 0 amide bonds. The van der Waals surface area contributed by atoms with Crippen LogP contribution in [-0.2, 0) is 45.4 Å². The van der Waals surface area contributed by atoms with Crippen LogP contribution in [0.2, 0.25) is 0 Å². The average molecular weight is 386 g/mol. The maximum absolute atomic E-state index is 5.96. The molecule has 0 fully saturated rings. The second kappa shape index (κ2) is 10.1. The smallest absolute Gasteiger partial charge is 0.0892 e. The van der Waals surface area contributed by atoms with Gasteiger partial charge in [-0.3, -0.25) is 9.97 Å². The van der Waals surface area contributed by atoms with E-state index in [0.29, 0.717) is 26.4 Å². The summed E-state index contributed by atoms with van der Waals surface area (Å²) in [6.07, 6.45) is -0.248. The lowest BCUT2D eigenvalue weighted by atomic mass is 10.2. The molecular formula is C22H30N2O4. The minimum absolute atomic E-state index is 0.0621. The summed E-state index contributed by atoms with van der Waals surface area (Å²) in [6.45, 7) is 9.79. The molecule has 0 saturated heterocycles. The number of fused-ring (bicyclic) bond motifs is 4. The summed E-state index contributed by atoms with van der Waals surface area (Å²) in [5, 5.41) is 0. The molecule has 1 aliphatic heterocycles. The standard InChI is InChI=1S/C22H30N2O4/c1-15-16(2)26-12-20-8-6-10-22(24-20)14-28-18(4)17(3)27-13-21-9-5-7-19(23-21)11-25-15/h5-10,15-18H,11-14H2,1-4H3/t15-,16+,17+,18-. The third kappa shape index (κ3) is 6.07. The van der Waals surface area contributed by atoms with E-state index in [0.717, 1.165) is 22.8 Å². The molecule has 6 nitrogen and oxygen atoms in total. The monoisotopic (exact) mass is 386 g/mol. The van der Waals surface area contributed by atoms with Gasteiger partial charge in [-0.25, -0.2) is 0 Å². The first-order chi connectivity index (χ1) is 13.5. The molecule has 2 aromatic heterocycles. The first-order valence-corrected chi connectivity index (χ1v) is 9.87. The van der Waals surface area contributed by atoms with Gasteiger partial charge in [0.05, 0.1) is 73.6 Å². The number of hydrogen-bond donors (Lipinski definition) is 0. The van der Waals surface area contributed by atoms with E-state index in [1.807, 2.05) is 64.1 Å². The highest BCUT2D eigenvalue weighted by atomic mass is 16.5. The van der Waals surface area contributed by atoms with Crippen LogP contribution in [0.4, 0.5) is 0 Å². The Morgan fingerprint density at radius 2 is 0.786 bits per heavy atom. The number of rotatable bonds is 0. The second-order valence-corrected chi connectivity index (χ2v) is 7.31. The number of aromatic nitrogens is 2. The molecule has 0 aliphatic carbocycles. The highest BCUT2D eigenvalue weighted by molar-refractivity contribution is 5.11. The molecule has 1 aliphatic rings. The number of pyridine rings is 2. The van der Waals surface area contributed by atoms with Gasteiger partial charge in [-0.15, -0.1) is 0 Å². The van der Waals surface area contributed by atoms with E-state index in [1.54, 1.807) is 0 Å². The van der Waals surface area contributed by atoms with Gasteiger partial charge < -0.3 is 18.9 Å². The largest absolute Gasteiger partial charge is 0.370 e. The Kier molecular flexibility index (Phi) is 7.50. The lowest BCUT2D eigenvalue weighted by Gasteiger charge is -2.22. The lowest BCUT2D eigenvalue weighted by Crippen LogP contribution is -2.27. The zero-order chi connectivity index (χ0) is 19.9. The van der Waals surface area contributed by atoms with Gasteiger partial charge in [0.2, 0.25) is 0 Å². The van der Waals surface area contributed by atoms with Gasteiger partial charge in [-0.05, 0) is 52.0 Å². The number of nitrogens with zero attached hydrogens (tertiary/aromatic N) is 2. The minimum atomic E-state index is -0.0621. The van der Waals surface area contributed by atoms with Crippen molar-refractivity contribution in [1.29, 1.82) is 0 Å². The fourth-order valence-electron chi connectivity index (χ4n) is 2.79. The van der Waals surface area contributed by atoms with Gasteiger partial charge in [0, 0.05) is 0 Å². The Bertz CT molecular complexity index is 637. The summed E-state index contributed by atoms with van der Waals surface area (Å²) in [7, 11) is 0. The van der Waals surface area contributed by atoms with Gasteiger partial charge in [-0.1, -0.05) is 12.1 Å². The molecule has 28 heavy (non-hydrogen) atoms. The zero-order valence-corrected chi connectivity index (χ0v) is 17.1. The van der Waals surface area contributed by atoms with E-state index in [-0.39, 0.29) is 24.4 Å². The van der Waals surface area contributed by atoms with Crippen molar-refractivity contribution in [3.63, 3.8) is 0 Å². The summed E-state index contributed by atoms with van der Waals surface area (Å²) in [5.74, 6) is 0. The Hall–Kier alpha value is -1.86. The van der Waals surface area contributed by atoms with Crippen LogP contribution in [0.25, 0.3) is 0 Å². The summed E-state index contributed by atoms with van der Waals surface area (Å²) >= 11 is 0. The highest BCUT2D eigenvalue weighted by Gasteiger charge is 2.17. The molecule has 2 aromatic rings. The van der Waals surface area contributed by atoms with Crippen molar-refractivity contribution in [2.45, 2.75) is 78.5 Å². The summed E-state index contributed by atoms with van der Waals surface area (Å²) < 4.78 is 23.9. The van der Waals surface area contributed by atoms with Crippen LogP contribution in [0.3, 0.4) is 0 Å². The van der Waals surface area contributed by atoms with Crippen molar-refractivity contribution in [1.82, 2.24) is 9.97 Å². The highest BCUT2D eigenvalue weighted by Crippen LogP contribution is 2.14. The molecule has 4 atom stereocenters. The molecule has 0 aromatic carbocycles. The van der Waals surface area contributed by atoms with Crippen LogP contribution in [0.5, 0.6) is 0 Å². The van der Waals surface area contributed by atoms with E-state index in [9.17, 15) is 0 Å². The summed E-state index contributed by atoms with van der Waals surface area (Å²) in [5.41, 5.74) is 3.53. The van der Waals surface area contributed by atoms with Crippen molar-refractivity contribution in [3.8, 4) is 0 Å². The topological polar surface area (TPSA) is 62.7 Å². The second-order valence-electron chi connectivity index (χ2n) is 7.31. The zero-order valence-electron chi connectivity index (χ0n) is 17.1. The van der Waals surface area contributed by atoms with Crippen LogP contribution in [0.15, 0.2) is 36.4 Å². The quantitative estimate of drug-likeness (QED) is 0.686. The summed E-state index contributed by atoms with van der Waals surface area (Å²) in [4.78, 5) is 9.26. The molecule has 6 heteroatoms. The minimum Gasteiger partial charge on any atom is -0.370 e. The van der Waals surface area contributed by atoms with Crippen LogP contribution in [0, 0.1) is 0 Å². The van der Waals surface area contributed by atoms with Gasteiger partial charge in [-0.2, -0.15) is 0 Å². The predicted octanol–water partition coefficient (Wildman–Crippen LogP) is 3.81.